The number of allylic oxidation sites excluding steroid dienone is 1. The van der Waals surface area contributed by atoms with Crippen molar-refractivity contribution in [2.24, 2.45) is 0 Å². The van der Waals surface area contributed by atoms with Gasteiger partial charge >= 0.3 is 238 Å². The van der Waals surface area contributed by atoms with Crippen LogP contribution in [0.2, 0.25) is 4.89 Å². The molecule has 1 aliphatic heterocycles. The molecule has 0 spiro atoms. The van der Waals surface area contributed by atoms with Crippen LogP contribution in [0.15, 0.2) is 79.0 Å². The van der Waals surface area contributed by atoms with Crippen LogP contribution in [0.5, 0.6) is 0 Å². The van der Waals surface area contributed by atoms with E-state index >= 15 is 0 Å². The molecule has 0 aliphatic carbocycles. The second kappa shape index (κ2) is 12.2. The molecule has 0 radical (unpaired) electrons. The van der Waals surface area contributed by atoms with Crippen LogP contribution in [0.3, 0.4) is 0 Å². The first kappa shape index (κ1) is 27.2. The van der Waals surface area contributed by atoms with E-state index in [0.717, 1.165) is 18.0 Å². The van der Waals surface area contributed by atoms with Gasteiger partial charge in [-0.25, -0.2) is 0 Å². The Morgan fingerprint density at radius 3 is 2.13 bits per heavy atom. The molecular weight excluding hydrogens is 580 g/mol. The number of halogens is 1. The molecule has 3 heterocycles. The molecule has 2 aromatic heterocycles. The number of para-hydroxylation sites is 1. The molecule has 1 aliphatic rings. The summed E-state index contributed by atoms with van der Waals surface area (Å²) in [7, 11) is 7.53. The molecule has 4 aromatic rings. The number of imidazole rings is 1. The van der Waals surface area contributed by atoms with Crippen molar-refractivity contribution in [2.45, 2.75) is 63.7 Å². The van der Waals surface area contributed by atoms with Crippen molar-refractivity contribution in [2.75, 3.05) is 18.0 Å². The standard InChI is InChI=1S/C24H31N3.C9H9.ClH.Pd/c1-18(2)21-11-9-12-22(19(3)4)24(21)26-16-20-10-8-13-23(27(20)17-26)25-14-6-5-7-15-25;1-2-6-9-7-4-3-5-8-9;;/h8-13,16,18-19H,5-7,14-15H2,1-4H3;2-8H,1H2;1H;/q;;;-1/p-1. The Morgan fingerprint density at radius 2 is 1.47 bits per heavy atom. The Labute approximate surface area is 237 Å². The molecule has 38 heavy (non-hydrogen) atoms. The first-order valence-electron chi connectivity index (χ1n) is 13.8. The van der Waals surface area contributed by atoms with E-state index in [9.17, 15) is 0 Å². The van der Waals surface area contributed by atoms with Crippen LogP contribution in [-0.4, -0.2) is 22.1 Å². The minimum absolute atomic E-state index is 0.416. The van der Waals surface area contributed by atoms with Gasteiger partial charge in [0.1, 0.15) is 0 Å². The van der Waals surface area contributed by atoms with Gasteiger partial charge in [0.15, 0.2) is 0 Å². The monoisotopic (exact) mass is 619 g/mol. The third kappa shape index (κ3) is 5.64. The van der Waals surface area contributed by atoms with Crippen LogP contribution >= 0.6 is 9.53 Å². The van der Waals surface area contributed by atoms with Gasteiger partial charge in [0.25, 0.3) is 0 Å². The van der Waals surface area contributed by atoms with E-state index in [0.29, 0.717) is 11.8 Å². The minimum atomic E-state index is -1.64. The predicted molar refractivity (Wildman–Crippen MR) is 160 cm³/mol. The van der Waals surface area contributed by atoms with Crippen molar-refractivity contribution in [3.05, 3.63) is 99.6 Å². The summed E-state index contributed by atoms with van der Waals surface area (Å²) < 4.78 is 6.20. The fraction of sp³-hybridized carbons (Fsp3) is 0.364. The average molecular weight is 621 g/mol. The number of pyridine rings is 1. The Hall–Kier alpha value is -2.38. The molecule has 206 valence electrons. The number of piperidine rings is 1. The van der Waals surface area contributed by atoms with E-state index in [1.165, 1.54) is 56.9 Å². The fourth-order valence-electron chi connectivity index (χ4n) is 5.42. The van der Waals surface area contributed by atoms with Gasteiger partial charge in [-0.3, -0.25) is 0 Å². The van der Waals surface area contributed by atoms with Gasteiger partial charge < -0.3 is 0 Å². The van der Waals surface area contributed by atoms with E-state index in [2.05, 4.69) is 127 Å². The molecule has 0 bridgehead atoms. The molecular formula is C33H40ClN3Pd-2. The molecule has 2 aromatic carbocycles. The zero-order valence-electron chi connectivity index (χ0n) is 23.0. The Morgan fingerprint density at radius 1 is 0.816 bits per heavy atom. The van der Waals surface area contributed by atoms with Crippen molar-refractivity contribution < 1.29 is 15.3 Å². The van der Waals surface area contributed by atoms with Crippen LogP contribution in [-0.2, 0) is 15.3 Å². The molecule has 1 fully saturated rings. The zero-order chi connectivity index (χ0) is 26.6. The number of hydrogen-bond donors (Lipinski definition) is 0. The predicted octanol–water partition coefficient (Wildman–Crippen LogP) is 9.40. The second-order valence-corrected chi connectivity index (χ2v) is 15.0. The zero-order valence-corrected chi connectivity index (χ0v) is 25.3. The van der Waals surface area contributed by atoms with Crippen LogP contribution in [0.25, 0.3) is 17.3 Å². The Kier molecular flexibility index (Phi) is 8.74. The van der Waals surface area contributed by atoms with Gasteiger partial charge in [-0.2, -0.15) is 0 Å². The molecule has 0 N–H and O–H groups in total. The SMILES string of the molecule is CC(C)c1cccc(C(C)C)c1-n1cc2cccc(N3CCCCC3)n2[c]1=[Pd-2]([Cl])[CH2]C=Cc1ccccc1. The summed E-state index contributed by atoms with van der Waals surface area (Å²) in [5.41, 5.74) is 6.52. The molecule has 0 amide bonds. The molecule has 0 saturated carbocycles. The molecule has 0 atom stereocenters. The second-order valence-electron chi connectivity index (χ2n) is 10.7. The van der Waals surface area contributed by atoms with Gasteiger partial charge in [0, 0.05) is 0 Å². The van der Waals surface area contributed by atoms with Gasteiger partial charge in [0.2, 0.25) is 0 Å². The third-order valence-electron chi connectivity index (χ3n) is 7.33. The number of anilines is 1. The number of hydrogen-bond acceptors (Lipinski definition) is 1. The number of aromatic nitrogens is 2. The first-order valence-corrected chi connectivity index (χ1v) is 17.7. The quantitative estimate of drug-likeness (QED) is 0.188. The van der Waals surface area contributed by atoms with Gasteiger partial charge in [-0.1, -0.05) is 0 Å². The van der Waals surface area contributed by atoms with Crippen molar-refractivity contribution in [3.8, 4) is 5.69 Å². The van der Waals surface area contributed by atoms with Crippen molar-refractivity contribution in [1.82, 2.24) is 8.97 Å². The van der Waals surface area contributed by atoms with Crippen LogP contribution < -0.4 is 4.90 Å². The van der Waals surface area contributed by atoms with Gasteiger partial charge in [-0.05, 0) is 0 Å². The van der Waals surface area contributed by atoms with E-state index < -0.39 is 15.3 Å². The summed E-state index contributed by atoms with van der Waals surface area (Å²) in [6, 6.07) is 24.1. The molecule has 3 nitrogen and oxygen atoms in total. The first-order chi connectivity index (χ1) is 18.5. The fourth-order valence-corrected chi connectivity index (χ4v) is 8.64. The maximum atomic E-state index is 7.53. The van der Waals surface area contributed by atoms with E-state index in [1.54, 1.807) is 0 Å². The van der Waals surface area contributed by atoms with Crippen molar-refractivity contribution in [3.63, 3.8) is 0 Å². The number of fused-ring (bicyclic) bond motifs is 1. The van der Waals surface area contributed by atoms with Gasteiger partial charge in [-0.15, -0.1) is 0 Å². The Bertz CT molecular complexity index is 1460. The summed E-state index contributed by atoms with van der Waals surface area (Å²) in [5, 5.41) is 0. The summed E-state index contributed by atoms with van der Waals surface area (Å²) in [6.45, 7) is 11.4. The summed E-state index contributed by atoms with van der Waals surface area (Å²) >= 11 is -1.64. The summed E-state index contributed by atoms with van der Waals surface area (Å²) in [4.78, 5) is 3.43. The molecule has 5 rings (SSSR count). The maximum absolute atomic E-state index is 7.53. The van der Waals surface area contributed by atoms with E-state index in [4.69, 9.17) is 9.53 Å². The average Bonchev–Trinajstić information content (AvgIpc) is 3.33. The molecule has 1 saturated heterocycles. The Balaban J connectivity index is 1.78. The van der Waals surface area contributed by atoms with Crippen LogP contribution in [0, 0.1) is 3.89 Å². The third-order valence-corrected chi connectivity index (χ3v) is 10.9. The van der Waals surface area contributed by atoms with Gasteiger partial charge in [0.05, 0.1) is 0 Å². The van der Waals surface area contributed by atoms with E-state index in [-0.39, 0.29) is 0 Å². The van der Waals surface area contributed by atoms with E-state index in [1.807, 2.05) is 0 Å². The van der Waals surface area contributed by atoms with Crippen molar-refractivity contribution >= 4 is 26.9 Å². The van der Waals surface area contributed by atoms with Crippen LogP contribution in [0.1, 0.15) is 75.5 Å². The molecule has 0 unspecified atom stereocenters. The summed E-state index contributed by atoms with van der Waals surface area (Å²) in [6.07, 6.45) is 10.6. The number of benzene rings is 2. The van der Waals surface area contributed by atoms with Crippen molar-refractivity contribution in [1.29, 1.82) is 0 Å². The topological polar surface area (TPSA) is 12.6 Å². The number of nitrogens with zero attached hydrogens (tertiary/aromatic N) is 3. The number of rotatable bonds is 7. The van der Waals surface area contributed by atoms with Crippen LogP contribution in [0.4, 0.5) is 5.82 Å². The summed E-state index contributed by atoms with van der Waals surface area (Å²) in [5.74, 6) is 2.11. The molecule has 5 heteroatoms. The normalized spacial score (nSPS) is 16.2.